The first-order valence-electron chi connectivity index (χ1n) is 9.73. The standard InChI is InChI=1S/C19H34N6O2/c1-7-27-19(26)22-16(14-8-9-14)10-21-18(20-4)24(5)11-15-12-25(6)23-17(15)13(2)3/h12-14,16H,7-11H2,1-6H3,(H,20,21)(H,22,26). The van der Waals surface area contributed by atoms with Crippen molar-refractivity contribution in [2.24, 2.45) is 18.0 Å². The van der Waals surface area contributed by atoms with Crippen molar-refractivity contribution in [3.8, 4) is 0 Å². The highest BCUT2D eigenvalue weighted by molar-refractivity contribution is 5.79. The number of aryl methyl sites for hydroxylation is 1. The largest absolute Gasteiger partial charge is 0.450 e. The second kappa shape index (κ2) is 9.62. The third-order valence-electron chi connectivity index (χ3n) is 4.71. The van der Waals surface area contributed by atoms with Gasteiger partial charge in [0, 0.05) is 46.0 Å². The van der Waals surface area contributed by atoms with Crippen LogP contribution in [0, 0.1) is 5.92 Å². The van der Waals surface area contributed by atoms with Crippen molar-refractivity contribution in [2.75, 3.05) is 27.2 Å². The summed E-state index contributed by atoms with van der Waals surface area (Å²) in [6, 6.07) is 0.0545. The molecule has 2 N–H and O–H groups in total. The van der Waals surface area contributed by atoms with E-state index in [-0.39, 0.29) is 12.1 Å². The molecule has 8 nitrogen and oxygen atoms in total. The minimum absolute atomic E-state index is 0.0545. The fourth-order valence-corrected chi connectivity index (χ4v) is 3.24. The Morgan fingerprint density at radius 2 is 2.19 bits per heavy atom. The molecule has 1 fully saturated rings. The fraction of sp³-hybridized carbons (Fsp3) is 0.737. The van der Waals surface area contributed by atoms with E-state index in [0.29, 0.717) is 25.0 Å². The van der Waals surface area contributed by atoms with Gasteiger partial charge in [-0.05, 0) is 31.6 Å². The van der Waals surface area contributed by atoms with Crippen LogP contribution in [0.3, 0.4) is 0 Å². The summed E-state index contributed by atoms with van der Waals surface area (Å²) in [5.41, 5.74) is 2.31. The van der Waals surface area contributed by atoms with E-state index in [1.165, 1.54) is 5.56 Å². The molecule has 0 aliphatic heterocycles. The number of rotatable bonds is 8. The van der Waals surface area contributed by atoms with Gasteiger partial charge in [-0.1, -0.05) is 13.8 Å². The molecule has 2 rings (SSSR count). The third-order valence-corrected chi connectivity index (χ3v) is 4.71. The van der Waals surface area contributed by atoms with Crippen LogP contribution in [0.4, 0.5) is 4.79 Å². The zero-order valence-electron chi connectivity index (χ0n) is 17.5. The van der Waals surface area contributed by atoms with Crippen molar-refractivity contribution < 1.29 is 9.53 Å². The van der Waals surface area contributed by atoms with E-state index in [2.05, 4.69) is 45.7 Å². The average Bonchev–Trinajstić information content (AvgIpc) is 3.37. The lowest BCUT2D eigenvalue weighted by Gasteiger charge is -2.25. The molecular weight excluding hydrogens is 344 g/mol. The number of ether oxygens (including phenoxy) is 1. The topological polar surface area (TPSA) is 83.8 Å². The number of hydrogen-bond donors (Lipinski definition) is 2. The predicted octanol–water partition coefficient (Wildman–Crippen LogP) is 2.08. The lowest BCUT2D eigenvalue weighted by atomic mass is 10.1. The molecule has 1 atom stereocenters. The predicted molar refractivity (Wildman–Crippen MR) is 107 cm³/mol. The first kappa shape index (κ1) is 21.1. The number of amides is 1. The number of carbonyl (C=O) groups excluding carboxylic acids is 1. The third kappa shape index (κ3) is 6.15. The number of aromatic nitrogens is 2. The summed E-state index contributed by atoms with van der Waals surface area (Å²) in [4.78, 5) is 18.2. The van der Waals surface area contributed by atoms with Crippen LogP contribution < -0.4 is 10.6 Å². The van der Waals surface area contributed by atoms with Crippen LogP contribution in [0.1, 0.15) is 50.8 Å². The molecule has 1 amide bonds. The number of alkyl carbamates (subject to hydrolysis) is 1. The van der Waals surface area contributed by atoms with Gasteiger partial charge in [0.05, 0.1) is 18.3 Å². The van der Waals surface area contributed by atoms with Crippen molar-refractivity contribution in [1.82, 2.24) is 25.3 Å². The number of aliphatic imine (C=N–C) groups is 1. The van der Waals surface area contributed by atoms with E-state index in [0.717, 1.165) is 31.0 Å². The number of guanidine groups is 1. The Bertz CT molecular complexity index is 651. The molecule has 152 valence electrons. The number of nitrogens with zero attached hydrogens (tertiary/aromatic N) is 4. The van der Waals surface area contributed by atoms with Crippen molar-refractivity contribution in [3.63, 3.8) is 0 Å². The van der Waals surface area contributed by atoms with E-state index in [1.807, 2.05) is 25.7 Å². The summed E-state index contributed by atoms with van der Waals surface area (Å²) in [5, 5.41) is 10.9. The van der Waals surface area contributed by atoms with Gasteiger partial charge in [-0.2, -0.15) is 5.10 Å². The van der Waals surface area contributed by atoms with E-state index in [1.54, 1.807) is 7.05 Å². The second-order valence-electron chi connectivity index (χ2n) is 7.46. The average molecular weight is 379 g/mol. The summed E-state index contributed by atoms with van der Waals surface area (Å²) in [6.45, 7) is 7.85. The van der Waals surface area contributed by atoms with Crippen LogP contribution in [0.5, 0.6) is 0 Å². The van der Waals surface area contributed by atoms with Crippen molar-refractivity contribution in [1.29, 1.82) is 0 Å². The quantitative estimate of drug-likeness (QED) is 0.534. The van der Waals surface area contributed by atoms with Crippen molar-refractivity contribution in [3.05, 3.63) is 17.5 Å². The maximum absolute atomic E-state index is 11.8. The monoisotopic (exact) mass is 378 g/mol. The van der Waals surface area contributed by atoms with E-state index in [9.17, 15) is 4.79 Å². The second-order valence-corrected chi connectivity index (χ2v) is 7.46. The lowest BCUT2D eigenvalue weighted by Crippen LogP contribution is -2.48. The molecule has 1 aliphatic rings. The first-order chi connectivity index (χ1) is 12.8. The molecule has 1 aliphatic carbocycles. The van der Waals surface area contributed by atoms with Crippen LogP contribution in [0.2, 0.25) is 0 Å². The van der Waals surface area contributed by atoms with E-state index in [4.69, 9.17) is 4.74 Å². The summed E-state index contributed by atoms with van der Waals surface area (Å²) in [5.74, 6) is 1.68. The zero-order valence-corrected chi connectivity index (χ0v) is 17.5. The van der Waals surface area contributed by atoms with Gasteiger partial charge in [0.15, 0.2) is 5.96 Å². The molecule has 1 unspecified atom stereocenters. The van der Waals surface area contributed by atoms with Crippen LogP contribution >= 0.6 is 0 Å². The van der Waals surface area contributed by atoms with E-state index >= 15 is 0 Å². The Hall–Kier alpha value is -2.25. The van der Waals surface area contributed by atoms with Gasteiger partial charge in [-0.3, -0.25) is 9.67 Å². The molecule has 0 radical (unpaired) electrons. The summed E-state index contributed by atoms with van der Waals surface area (Å²) in [7, 11) is 5.73. The molecule has 0 bridgehead atoms. The molecule has 1 heterocycles. The van der Waals surface area contributed by atoms with Gasteiger partial charge >= 0.3 is 6.09 Å². The Labute approximate surface area is 162 Å². The fourth-order valence-electron chi connectivity index (χ4n) is 3.24. The highest BCUT2D eigenvalue weighted by Crippen LogP contribution is 2.32. The highest BCUT2D eigenvalue weighted by atomic mass is 16.5. The minimum Gasteiger partial charge on any atom is -0.450 e. The van der Waals surface area contributed by atoms with Crippen LogP contribution in [-0.2, 0) is 18.3 Å². The van der Waals surface area contributed by atoms with Crippen LogP contribution in [-0.4, -0.2) is 60.0 Å². The highest BCUT2D eigenvalue weighted by Gasteiger charge is 2.32. The zero-order chi connectivity index (χ0) is 20.0. The Balaban J connectivity index is 1.94. The van der Waals surface area contributed by atoms with Crippen molar-refractivity contribution >= 4 is 12.1 Å². The molecule has 1 aromatic heterocycles. The van der Waals surface area contributed by atoms with Gasteiger partial charge in [0.25, 0.3) is 0 Å². The minimum atomic E-state index is -0.350. The maximum atomic E-state index is 11.8. The Morgan fingerprint density at radius 1 is 1.48 bits per heavy atom. The Morgan fingerprint density at radius 3 is 2.74 bits per heavy atom. The smallest absolute Gasteiger partial charge is 0.407 e. The van der Waals surface area contributed by atoms with Gasteiger partial charge in [-0.25, -0.2) is 4.79 Å². The number of hydrogen-bond acceptors (Lipinski definition) is 4. The van der Waals surface area contributed by atoms with Crippen LogP contribution in [0.15, 0.2) is 11.2 Å². The summed E-state index contributed by atoms with van der Waals surface area (Å²) < 4.78 is 6.88. The molecule has 27 heavy (non-hydrogen) atoms. The summed E-state index contributed by atoms with van der Waals surface area (Å²) >= 11 is 0. The van der Waals surface area contributed by atoms with Gasteiger partial charge in [0.2, 0.25) is 0 Å². The molecule has 8 heteroatoms. The van der Waals surface area contributed by atoms with Crippen LogP contribution in [0.25, 0.3) is 0 Å². The number of nitrogens with one attached hydrogen (secondary N) is 2. The number of carbonyl (C=O) groups is 1. The normalized spacial score (nSPS) is 15.6. The molecular formula is C19H34N6O2. The summed E-state index contributed by atoms with van der Waals surface area (Å²) in [6.07, 6.45) is 3.99. The van der Waals surface area contributed by atoms with Gasteiger partial charge in [-0.15, -0.1) is 0 Å². The van der Waals surface area contributed by atoms with Gasteiger partial charge < -0.3 is 20.3 Å². The molecule has 1 aromatic rings. The molecule has 1 saturated carbocycles. The van der Waals surface area contributed by atoms with E-state index < -0.39 is 0 Å². The molecule has 0 aromatic carbocycles. The van der Waals surface area contributed by atoms with Gasteiger partial charge in [0.1, 0.15) is 0 Å². The maximum Gasteiger partial charge on any atom is 0.407 e. The lowest BCUT2D eigenvalue weighted by molar-refractivity contribution is 0.146. The molecule has 0 saturated heterocycles. The SMILES string of the molecule is CCOC(=O)NC(CNC(=NC)N(C)Cc1cn(C)nc1C(C)C)C1CC1. The van der Waals surface area contributed by atoms with Crippen molar-refractivity contribution in [2.45, 2.75) is 52.1 Å². The Kier molecular flexibility index (Phi) is 7.50. The molecule has 0 spiro atoms. The first-order valence-corrected chi connectivity index (χ1v) is 9.73.